The molecule has 4 nitrogen and oxygen atoms in total. The van der Waals surface area contributed by atoms with Crippen molar-refractivity contribution in [3.05, 3.63) is 166 Å². The van der Waals surface area contributed by atoms with Crippen molar-refractivity contribution in [1.29, 1.82) is 0 Å². The van der Waals surface area contributed by atoms with E-state index >= 15 is 17.6 Å². The summed E-state index contributed by atoms with van der Waals surface area (Å²) in [7, 11) is 0. The molecule has 4 aromatic carbocycles. The van der Waals surface area contributed by atoms with Crippen molar-refractivity contribution >= 4 is 54.1 Å². The average molecular weight is 824 g/mol. The molecule has 2 aliphatic rings. The van der Waals surface area contributed by atoms with Gasteiger partial charge in [-0.25, -0.2) is 0 Å². The van der Waals surface area contributed by atoms with Crippen LogP contribution >= 0.6 is 23.2 Å². The van der Waals surface area contributed by atoms with Crippen LogP contribution in [0.25, 0.3) is 0 Å². The molecule has 4 aromatic rings. The number of amides is 2. The summed E-state index contributed by atoms with van der Waals surface area (Å²) in [4.78, 5) is 30.7. The molecular formula is C44H40Cl2F4N2O2Ti. The van der Waals surface area contributed by atoms with Gasteiger partial charge in [0.1, 0.15) is 0 Å². The molecule has 2 amide bonds. The van der Waals surface area contributed by atoms with Crippen LogP contribution in [0.5, 0.6) is 0 Å². The fraction of sp³-hybridized carbons (Fsp3) is 0.227. The fourth-order valence-corrected chi connectivity index (χ4v) is 16.6. The van der Waals surface area contributed by atoms with E-state index in [9.17, 15) is 9.59 Å². The first-order valence-corrected chi connectivity index (χ1v) is 22.5. The van der Waals surface area contributed by atoms with E-state index in [1.165, 1.54) is 46.2 Å². The van der Waals surface area contributed by atoms with E-state index < -0.39 is 67.9 Å². The van der Waals surface area contributed by atoms with Gasteiger partial charge in [0.05, 0.1) is 0 Å². The molecule has 0 bridgehead atoms. The van der Waals surface area contributed by atoms with Gasteiger partial charge >= 0.3 is 335 Å². The number of rotatable bonds is 14. The Morgan fingerprint density at radius 2 is 0.909 bits per heavy atom. The second-order valence-corrected chi connectivity index (χ2v) is 20.8. The van der Waals surface area contributed by atoms with Crippen LogP contribution in [-0.4, -0.2) is 24.9 Å². The van der Waals surface area contributed by atoms with E-state index in [1.54, 1.807) is 72.9 Å². The van der Waals surface area contributed by atoms with Crippen molar-refractivity contribution in [2.24, 2.45) is 0 Å². The monoisotopic (exact) mass is 822 g/mol. The van der Waals surface area contributed by atoms with Crippen molar-refractivity contribution in [3.8, 4) is 0 Å². The molecule has 0 radical (unpaired) electrons. The molecule has 0 spiro atoms. The van der Waals surface area contributed by atoms with E-state index in [0.717, 1.165) is 12.1 Å². The van der Waals surface area contributed by atoms with Crippen LogP contribution in [0.3, 0.4) is 0 Å². The third-order valence-electron chi connectivity index (χ3n) is 10.2. The zero-order valence-corrected chi connectivity index (χ0v) is 33.5. The minimum atomic E-state index is -5.30. The van der Waals surface area contributed by atoms with Crippen LogP contribution in [0.2, 0.25) is 18.5 Å². The van der Waals surface area contributed by atoms with Gasteiger partial charge in [0.25, 0.3) is 0 Å². The molecule has 2 aliphatic carbocycles. The number of nitrogens with zero attached hydrogens (tertiary/aromatic N) is 2. The van der Waals surface area contributed by atoms with Gasteiger partial charge in [0.2, 0.25) is 0 Å². The van der Waals surface area contributed by atoms with Gasteiger partial charge < -0.3 is 0 Å². The first-order valence-electron chi connectivity index (χ1n) is 18.4. The summed E-state index contributed by atoms with van der Waals surface area (Å²) in [5.41, 5.74) is 0.0840. The Labute approximate surface area is 332 Å². The first-order chi connectivity index (χ1) is 26.5. The van der Waals surface area contributed by atoms with E-state index in [4.69, 9.17) is 23.2 Å². The molecule has 0 N–H and O–H groups in total. The van der Waals surface area contributed by atoms with E-state index in [0.29, 0.717) is 35.7 Å². The maximum atomic E-state index is 17.9. The molecule has 0 saturated carbocycles. The van der Waals surface area contributed by atoms with Crippen LogP contribution in [0, 0.1) is 23.3 Å². The van der Waals surface area contributed by atoms with Gasteiger partial charge in [-0.2, -0.15) is 0 Å². The molecule has 55 heavy (non-hydrogen) atoms. The van der Waals surface area contributed by atoms with Crippen LogP contribution in [0.4, 0.5) is 28.9 Å². The number of benzene rings is 4. The van der Waals surface area contributed by atoms with Gasteiger partial charge in [0.15, 0.2) is 0 Å². The first kappa shape index (κ1) is 40.5. The van der Waals surface area contributed by atoms with Crippen LogP contribution in [-0.2, 0) is 16.6 Å². The Morgan fingerprint density at radius 1 is 0.564 bits per heavy atom. The zero-order valence-electron chi connectivity index (χ0n) is 30.4. The average Bonchev–Trinajstić information content (AvgIpc) is 3.93. The van der Waals surface area contributed by atoms with Crippen molar-refractivity contribution in [3.63, 3.8) is 0 Å². The maximum absolute atomic E-state index is 17.9. The Morgan fingerprint density at radius 3 is 1.24 bits per heavy atom. The minimum absolute atomic E-state index is 0.101. The van der Waals surface area contributed by atoms with Crippen molar-refractivity contribution in [2.75, 3.05) is 22.9 Å². The van der Waals surface area contributed by atoms with Crippen LogP contribution in [0.1, 0.15) is 60.2 Å². The molecule has 0 atom stereocenters. The Bertz CT molecular complexity index is 2010. The standard InChI is InChI=1S/2C17H15ClF2NO.2C5H5.Ti/c2*1-2-3-10-21(16-9-8-14(19)11-15(16)20)17(22)12-4-6-13(18)7-5-12;2*1-2-4-5-3-1;/h2*4-9H,2-3,10H2,1H3;2*1-5H;. The summed E-state index contributed by atoms with van der Waals surface area (Å²) >= 11 is 6.89. The van der Waals surface area contributed by atoms with Gasteiger partial charge in [0, 0.05) is 0 Å². The summed E-state index contributed by atoms with van der Waals surface area (Å²) < 4.78 is 67.2. The molecule has 6 rings (SSSR count). The topological polar surface area (TPSA) is 40.6 Å². The summed E-state index contributed by atoms with van der Waals surface area (Å²) in [6, 6.07) is 16.9. The molecule has 0 heterocycles. The number of carbonyl (C=O) groups is 2. The molecular weight excluding hydrogens is 783 g/mol. The van der Waals surface area contributed by atoms with Gasteiger partial charge in [-0.15, -0.1) is 0 Å². The zero-order chi connectivity index (χ0) is 39.3. The second kappa shape index (κ2) is 17.7. The number of carbonyl (C=O) groups excluding carboxylic acids is 2. The third-order valence-corrected chi connectivity index (χ3v) is 19.2. The number of hydrogen-bond donors (Lipinski definition) is 0. The van der Waals surface area contributed by atoms with E-state index in [2.05, 4.69) is 0 Å². The van der Waals surface area contributed by atoms with Crippen molar-refractivity contribution in [2.45, 2.75) is 48.0 Å². The van der Waals surface area contributed by atoms with Crippen molar-refractivity contribution < 1.29 is 43.7 Å². The predicted molar refractivity (Wildman–Crippen MR) is 212 cm³/mol. The Balaban J connectivity index is 1.64. The summed E-state index contributed by atoms with van der Waals surface area (Å²) in [5, 5.41) is 0.823. The number of hydrogen-bond acceptors (Lipinski definition) is 2. The molecule has 0 aliphatic heterocycles. The molecule has 0 unspecified atom stereocenters. The molecule has 0 saturated heterocycles. The number of anilines is 2. The van der Waals surface area contributed by atoms with Crippen molar-refractivity contribution in [1.82, 2.24) is 0 Å². The number of unbranched alkanes of at least 4 members (excludes halogenated alkanes) is 2. The van der Waals surface area contributed by atoms with E-state index in [1.807, 2.05) is 13.8 Å². The predicted octanol–water partition coefficient (Wildman–Crippen LogP) is 11.4. The van der Waals surface area contributed by atoms with Gasteiger partial charge in [-0.05, 0) is 0 Å². The quantitative estimate of drug-likeness (QED) is 0.0939. The fourth-order valence-electron chi connectivity index (χ4n) is 7.53. The Kier molecular flexibility index (Phi) is 13.0. The number of halogens is 6. The van der Waals surface area contributed by atoms with Gasteiger partial charge in [-0.1, -0.05) is 0 Å². The summed E-state index contributed by atoms with van der Waals surface area (Å²) in [6.07, 6.45) is 16.1. The molecule has 0 aromatic heterocycles. The van der Waals surface area contributed by atoms with E-state index in [-0.39, 0.29) is 35.6 Å². The Hall–Kier alpha value is -4.21. The summed E-state index contributed by atoms with van der Waals surface area (Å²) in [5.74, 6) is -5.11. The van der Waals surface area contributed by atoms with Crippen LogP contribution < -0.4 is 17.5 Å². The normalized spacial score (nSPS) is 14.0. The molecule has 11 heteroatoms. The SMILES string of the molecule is CCCCN(C(=O)c1ccc(Cl)cc1)c1ccc(F)[c]([Ti]([c]2c(F)ccc(N(CCCC)C(=O)c3ccc(Cl)cc3)c2F)([CH]2C=CC=C2)[CH]2C=CC=C2)c1F. The third kappa shape index (κ3) is 7.93. The second-order valence-electron chi connectivity index (χ2n) is 13.6. The van der Waals surface area contributed by atoms with Crippen LogP contribution in [0.15, 0.2) is 121 Å². The molecule has 284 valence electrons. The van der Waals surface area contributed by atoms with Gasteiger partial charge in [-0.3, -0.25) is 0 Å². The molecule has 0 fully saturated rings. The summed E-state index contributed by atoms with van der Waals surface area (Å²) in [6.45, 7) is 4.05. The number of allylic oxidation sites excluding steroid dienone is 8.